The summed E-state index contributed by atoms with van der Waals surface area (Å²) in [6.45, 7) is 8.42. The van der Waals surface area contributed by atoms with Gasteiger partial charge in [-0.25, -0.2) is 9.18 Å². The van der Waals surface area contributed by atoms with Crippen molar-refractivity contribution in [2.75, 3.05) is 64.4 Å². The highest BCUT2D eigenvalue weighted by molar-refractivity contribution is 5.67. The summed E-state index contributed by atoms with van der Waals surface area (Å²) < 4.78 is 19.9. The molecule has 0 radical (unpaired) electrons. The van der Waals surface area contributed by atoms with Crippen LogP contribution in [-0.2, 0) is 10.2 Å². The van der Waals surface area contributed by atoms with E-state index in [1.54, 1.807) is 12.1 Å². The third-order valence-electron chi connectivity index (χ3n) is 10.6. The van der Waals surface area contributed by atoms with Crippen LogP contribution in [-0.4, -0.2) is 81.4 Å². The Morgan fingerprint density at radius 2 is 1.79 bits per heavy atom. The molecule has 0 aromatic heterocycles. The lowest BCUT2D eigenvalue weighted by atomic mass is 9.57. The largest absolute Gasteiger partial charge is 0.453 e. The van der Waals surface area contributed by atoms with E-state index in [0.29, 0.717) is 17.4 Å². The molecule has 8 heteroatoms. The molecule has 42 heavy (non-hydrogen) atoms. The van der Waals surface area contributed by atoms with Crippen molar-refractivity contribution in [1.82, 2.24) is 15.1 Å². The van der Waals surface area contributed by atoms with Crippen LogP contribution in [0.2, 0.25) is 0 Å². The number of rotatable bonds is 9. The lowest BCUT2D eigenvalue weighted by Crippen LogP contribution is -2.60. The Morgan fingerprint density at radius 3 is 2.43 bits per heavy atom. The molecule has 6 rings (SSSR count). The number of anilines is 1. The highest BCUT2D eigenvalue weighted by Crippen LogP contribution is 2.51. The Kier molecular flexibility index (Phi) is 8.69. The van der Waals surface area contributed by atoms with E-state index in [0.717, 1.165) is 90.0 Å². The molecular formula is C34H44FN5O2. The normalized spacial score (nSPS) is 25.2. The lowest BCUT2D eigenvalue weighted by molar-refractivity contribution is 0.0223. The number of benzene rings is 2. The smallest absolute Gasteiger partial charge is 0.407 e. The number of alkyl carbamates (subject to hydrolysis) is 1. The SMILES string of the molecule is COC(=O)N[C@H]1CCC[C@@H]1[C@](CN1CCC1)(c1cccc(F)c1)C1CCN(CC2CN(c3ccc(C#N)cc3)C2)CC1. The van der Waals surface area contributed by atoms with Gasteiger partial charge in [0.25, 0.3) is 0 Å². The second-order valence-corrected chi connectivity index (χ2v) is 13.0. The van der Waals surface area contributed by atoms with Crippen LogP contribution in [0.4, 0.5) is 14.9 Å². The second kappa shape index (κ2) is 12.6. The number of likely N-dealkylation sites (tertiary alicyclic amines) is 2. The van der Waals surface area contributed by atoms with E-state index in [2.05, 4.69) is 44.3 Å². The van der Waals surface area contributed by atoms with Crippen molar-refractivity contribution in [3.05, 3.63) is 65.5 Å². The molecular weight excluding hydrogens is 529 g/mol. The number of methoxy groups -OCH3 is 1. The number of nitriles is 1. The Balaban J connectivity index is 1.17. The van der Waals surface area contributed by atoms with Crippen LogP contribution in [0.25, 0.3) is 0 Å². The number of nitrogens with one attached hydrogen (secondary N) is 1. The molecule has 2 aromatic carbocycles. The van der Waals surface area contributed by atoms with Crippen LogP contribution < -0.4 is 10.2 Å². The maximum atomic E-state index is 14.9. The molecule has 3 atom stereocenters. The minimum absolute atomic E-state index is 0.0307. The fraction of sp³-hybridized carbons (Fsp3) is 0.588. The van der Waals surface area contributed by atoms with Crippen LogP contribution in [0, 0.1) is 34.9 Å². The molecule has 7 nitrogen and oxygen atoms in total. The molecule has 0 spiro atoms. The number of hydrogen-bond donors (Lipinski definition) is 1. The summed E-state index contributed by atoms with van der Waals surface area (Å²) in [4.78, 5) is 20.0. The average Bonchev–Trinajstić information content (AvgIpc) is 3.43. The minimum Gasteiger partial charge on any atom is -0.453 e. The minimum atomic E-state index is -0.366. The lowest BCUT2D eigenvalue weighted by Gasteiger charge is -2.54. The van der Waals surface area contributed by atoms with Gasteiger partial charge in [-0.1, -0.05) is 18.6 Å². The summed E-state index contributed by atoms with van der Waals surface area (Å²) in [5.74, 6) is 1.13. The van der Waals surface area contributed by atoms with Crippen LogP contribution in [0.5, 0.6) is 0 Å². The monoisotopic (exact) mass is 573 g/mol. The zero-order valence-corrected chi connectivity index (χ0v) is 24.8. The number of carbonyl (C=O) groups excluding carboxylic acids is 1. The Bertz CT molecular complexity index is 1260. The highest BCUT2D eigenvalue weighted by atomic mass is 19.1. The van der Waals surface area contributed by atoms with Crippen LogP contribution >= 0.6 is 0 Å². The summed E-state index contributed by atoms with van der Waals surface area (Å²) in [6, 6.07) is 17.5. The quantitative estimate of drug-likeness (QED) is 0.455. The van der Waals surface area contributed by atoms with E-state index < -0.39 is 0 Å². The number of nitrogens with zero attached hydrogens (tertiary/aromatic N) is 4. The van der Waals surface area contributed by atoms with Gasteiger partial charge in [0.05, 0.1) is 18.7 Å². The number of hydrogen-bond acceptors (Lipinski definition) is 6. The van der Waals surface area contributed by atoms with Crippen molar-refractivity contribution in [1.29, 1.82) is 5.26 Å². The predicted molar refractivity (Wildman–Crippen MR) is 162 cm³/mol. The fourth-order valence-electron chi connectivity index (χ4n) is 8.38. The molecule has 0 unspecified atom stereocenters. The molecule has 4 fully saturated rings. The van der Waals surface area contributed by atoms with Gasteiger partial charge in [0, 0.05) is 49.2 Å². The number of ether oxygens (including phenoxy) is 1. The first kappa shape index (κ1) is 28.9. The topological polar surface area (TPSA) is 71.8 Å². The maximum absolute atomic E-state index is 14.9. The number of carbonyl (C=O) groups is 1. The molecule has 3 saturated heterocycles. The zero-order chi connectivity index (χ0) is 29.1. The number of piperidine rings is 1. The predicted octanol–water partition coefficient (Wildman–Crippen LogP) is 5.01. The summed E-state index contributed by atoms with van der Waals surface area (Å²) in [5, 5.41) is 12.3. The Hall–Kier alpha value is -3.15. The van der Waals surface area contributed by atoms with Crippen molar-refractivity contribution in [2.45, 2.75) is 50.0 Å². The van der Waals surface area contributed by atoms with Crippen molar-refractivity contribution in [3.63, 3.8) is 0 Å². The number of halogens is 1. The Morgan fingerprint density at radius 1 is 1.02 bits per heavy atom. The molecule has 3 aliphatic heterocycles. The third-order valence-corrected chi connectivity index (χ3v) is 10.6. The molecule has 1 N–H and O–H groups in total. The van der Waals surface area contributed by atoms with Gasteiger partial charge < -0.3 is 24.8 Å². The maximum Gasteiger partial charge on any atom is 0.407 e. The van der Waals surface area contributed by atoms with Crippen molar-refractivity contribution >= 4 is 11.8 Å². The molecule has 3 heterocycles. The summed E-state index contributed by atoms with van der Waals surface area (Å²) >= 11 is 0. The van der Waals surface area contributed by atoms with Gasteiger partial charge in [0.1, 0.15) is 5.82 Å². The number of amides is 1. The van der Waals surface area contributed by atoms with Gasteiger partial charge in [-0.05, 0) is 112 Å². The van der Waals surface area contributed by atoms with E-state index in [-0.39, 0.29) is 29.3 Å². The van der Waals surface area contributed by atoms with E-state index in [1.165, 1.54) is 19.2 Å². The van der Waals surface area contributed by atoms with Gasteiger partial charge in [0.2, 0.25) is 0 Å². The fourth-order valence-corrected chi connectivity index (χ4v) is 8.38. The highest BCUT2D eigenvalue weighted by Gasteiger charge is 2.53. The van der Waals surface area contributed by atoms with E-state index in [4.69, 9.17) is 10.00 Å². The van der Waals surface area contributed by atoms with Crippen LogP contribution in [0.1, 0.15) is 49.7 Å². The Labute approximate surface area is 249 Å². The first-order chi connectivity index (χ1) is 20.5. The molecule has 1 aliphatic carbocycles. The molecule has 0 bridgehead atoms. The summed E-state index contributed by atoms with van der Waals surface area (Å²) in [6.07, 6.45) is 6.05. The van der Waals surface area contributed by atoms with Crippen molar-refractivity contribution in [3.8, 4) is 6.07 Å². The molecule has 2 aromatic rings. The van der Waals surface area contributed by atoms with Gasteiger partial charge in [0.15, 0.2) is 0 Å². The summed E-state index contributed by atoms with van der Waals surface area (Å²) in [5.41, 5.74) is 2.78. The standard InChI is InChI=1S/C34H44FN5O2/c1-42-33(41)37-32-8-3-7-31(32)34(24-39-15-4-16-39,28-5-2-6-29(35)19-28)27-13-17-38(18-14-27)21-26-22-40(23-26)30-11-9-25(20-36)10-12-30/h2,5-6,9-12,19,26-27,31-32H,3-4,7-8,13-18,21-24H2,1H3,(H,37,41)/t31-,32-,34-/m0/s1. The van der Waals surface area contributed by atoms with Crippen molar-refractivity contribution < 1.29 is 13.9 Å². The van der Waals surface area contributed by atoms with Gasteiger partial charge in [-0.3, -0.25) is 0 Å². The van der Waals surface area contributed by atoms with Gasteiger partial charge >= 0.3 is 6.09 Å². The van der Waals surface area contributed by atoms with Crippen LogP contribution in [0.15, 0.2) is 48.5 Å². The average molecular weight is 574 g/mol. The zero-order valence-electron chi connectivity index (χ0n) is 24.8. The van der Waals surface area contributed by atoms with Crippen molar-refractivity contribution in [2.24, 2.45) is 17.8 Å². The van der Waals surface area contributed by atoms with E-state index in [1.807, 2.05) is 18.2 Å². The van der Waals surface area contributed by atoms with Crippen LogP contribution in [0.3, 0.4) is 0 Å². The first-order valence-corrected chi connectivity index (χ1v) is 15.8. The van der Waals surface area contributed by atoms with Gasteiger partial charge in [-0.2, -0.15) is 5.26 Å². The molecule has 1 amide bonds. The second-order valence-electron chi connectivity index (χ2n) is 13.0. The molecule has 1 saturated carbocycles. The third kappa shape index (κ3) is 5.87. The van der Waals surface area contributed by atoms with E-state index in [9.17, 15) is 9.18 Å². The van der Waals surface area contributed by atoms with E-state index >= 15 is 0 Å². The first-order valence-electron chi connectivity index (χ1n) is 15.8. The van der Waals surface area contributed by atoms with Gasteiger partial charge in [-0.15, -0.1) is 0 Å². The molecule has 4 aliphatic rings. The summed E-state index contributed by atoms with van der Waals surface area (Å²) in [7, 11) is 1.43. The molecule has 224 valence electrons.